The van der Waals surface area contributed by atoms with Gasteiger partial charge in [0.05, 0.1) is 22.4 Å². The van der Waals surface area contributed by atoms with Crippen LogP contribution >= 0.6 is 12.2 Å². The summed E-state index contributed by atoms with van der Waals surface area (Å²) in [6, 6.07) is 43.2. The van der Waals surface area contributed by atoms with Crippen LogP contribution in [0.1, 0.15) is 28.3 Å². The minimum Gasteiger partial charge on any atom is -0.432 e. The van der Waals surface area contributed by atoms with Crippen molar-refractivity contribution in [2.24, 2.45) is 0 Å². The van der Waals surface area contributed by atoms with E-state index in [0.717, 1.165) is 47.5 Å². The maximum absolute atomic E-state index is 13.2. The molecule has 0 saturated carbocycles. The first-order valence-electron chi connectivity index (χ1n) is 15.0. The summed E-state index contributed by atoms with van der Waals surface area (Å²) in [4.78, 5) is 25.3. The van der Waals surface area contributed by atoms with Crippen LogP contribution in [0.15, 0.2) is 133 Å². The number of hydrogen-bond donors (Lipinski definition) is 1. The van der Waals surface area contributed by atoms with Crippen LogP contribution in [0.2, 0.25) is 0 Å². The van der Waals surface area contributed by atoms with Crippen molar-refractivity contribution in [3.05, 3.63) is 145 Å². The lowest BCUT2D eigenvalue weighted by atomic mass is 9.99. The molecule has 5 aromatic carbocycles. The lowest BCUT2D eigenvalue weighted by molar-refractivity contribution is 0.102. The molecule has 0 radical (unpaired) electrons. The third-order valence-electron chi connectivity index (χ3n) is 8.06. The summed E-state index contributed by atoms with van der Waals surface area (Å²) in [5.74, 6) is 0.810. The number of anilines is 1. The van der Waals surface area contributed by atoms with Crippen molar-refractivity contribution < 1.29 is 9.53 Å². The van der Waals surface area contributed by atoms with Crippen molar-refractivity contribution in [2.45, 2.75) is 12.3 Å². The van der Waals surface area contributed by atoms with Gasteiger partial charge in [0, 0.05) is 41.4 Å². The fraction of sp³-hybridized carbons (Fsp3) is 0.105. The molecule has 1 aliphatic heterocycles. The topological polar surface area (TPSA) is 67.3 Å². The van der Waals surface area contributed by atoms with Crippen molar-refractivity contribution in [1.82, 2.24) is 14.9 Å². The Morgan fingerprint density at radius 1 is 0.733 bits per heavy atom. The number of carbonyl (C=O) groups excluding carboxylic acids is 1. The van der Waals surface area contributed by atoms with Gasteiger partial charge in [-0.15, -0.1) is 0 Å². The minimum absolute atomic E-state index is 0.231. The Kier molecular flexibility index (Phi) is 8.00. The zero-order valence-electron chi connectivity index (χ0n) is 24.5. The van der Waals surface area contributed by atoms with Crippen molar-refractivity contribution in [3.63, 3.8) is 0 Å². The SMILES string of the molecule is O=C(Nc1ccc2nc(-c3ccccc3)c(-c3ccccc3)nc2c1)c1ccc(OC(=S)N2CC[C@H](c3ccccc3)C2)cc1. The van der Waals surface area contributed by atoms with Gasteiger partial charge < -0.3 is 15.0 Å². The number of nitrogens with one attached hydrogen (secondary N) is 1. The van der Waals surface area contributed by atoms with Crippen molar-refractivity contribution in [2.75, 3.05) is 18.4 Å². The Hall–Kier alpha value is -5.40. The normalized spacial score (nSPS) is 14.3. The molecule has 1 atom stereocenters. The van der Waals surface area contributed by atoms with E-state index in [1.807, 2.05) is 84.9 Å². The lowest BCUT2D eigenvalue weighted by Crippen LogP contribution is -2.31. The summed E-state index contributed by atoms with van der Waals surface area (Å²) >= 11 is 5.60. The highest BCUT2D eigenvalue weighted by Gasteiger charge is 2.26. The van der Waals surface area contributed by atoms with Crippen molar-refractivity contribution in [1.29, 1.82) is 0 Å². The van der Waals surface area contributed by atoms with E-state index < -0.39 is 0 Å². The highest BCUT2D eigenvalue weighted by Crippen LogP contribution is 2.32. The molecule has 1 amide bonds. The molecule has 45 heavy (non-hydrogen) atoms. The van der Waals surface area contributed by atoms with E-state index in [-0.39, 0.29) is 5.91 Å². The van der Waals surface area contributed by atoms with E-state index >= 15 is 0 Å². The molecule has 6 aromatic rings. The number of carbonyl (C=O) groups is 1. The van der Waals surface area contributed by atoms with Gasteiger partial charge >= 0.3 is 0 Å². The predicted octanol–water partition coefficient (Wildman–Crippen LogP) is 8.37. The van der Waals surface area contributed by atoms with E-state index in [9.17, 15) is 4.79 Å². The van der Waals surface area contributed by atoms with Crippen LogP contribution in [-0.4, -0.2) is 39.0 Å². The molecule has 1 N–H and O–H groups in total. The second-order valence-corrected chi connectivity index (χ2v) is 11.4. The molecular formula is C38H30N4O2S. The summed E-state index contributed by atoms with van der Waals surface area (Å²) in [6.07, 6.45) is 1.04. The molecule has 0 aliphatic carbocycles. The van der Waals surface area contributed by atoms with Crippen LogP contribution in [0, 0.1) is 0 Å². The number of amides is 1. The van der Waals surface area contributed by atoms with Gasteiger partial charge in [-0.3, -0.25) is 4.79 Å². The Morgan fingerprint density at radius 2 is 1.33 bits per heavy atom. The summed E-state index contributed by atoms with van der Waals surface area (Å²) < 4.78 is 5.98. The van der Waals surface area contributed by atoms with Crippen LogP contribution in [0.4, 0.5) is 5.69 Å². The van der Waals surface area contributed by atoms with E-state index in [1.54, 1.807) is 24.3 Å². The molecule has 6 nitrogen and oxygen atoms in total. The number of thiocarbonyl (C=S) groups is 1. The molecule has 0 bridgehead atoms. The van der Waals surface area contributed by atoms with Crippen LogP contribution in [-0.2, 0) is 0 Å². The first-order chi connectivity index (χ1) is 22.1. The molecule has 1 fully saturated rings. The zero-order valence-corrected chi connectivity index (χ0v) is 25.3. The number of fused-ring (bicyclic) bond motifs is 1. The molecule has 0 unspecified atom stereocenters. The van der Waals surface area contributed by atoms with Crippen molar-refractivity contribution >= 4 is 40.0 Å². The summed E-state index contributed by atoms with van der Waals surface area (Å²) in [7, 11) is 0. The maximum atomic E-state index is 13.2. The van der Waals surface area contributed by atoms with E-state index in [2.05, 4.69) is 34.5 Å². The Bertz CT molecular complexity index is 1970. The van der Waals surface area contributed by atoms with Gasteiger partial charge in [0.15, 0.2) is 0 Å². The van der Waals surface area contributed by atoms with Crippen LogP contribution in [0.25, 0.3) is 33.5 Å². The average molecular weight is 607 g/mol. The van der Waals surface area contributed by atoms with E-state index in [4.69, 9.17) is 26.9 Å². The average Bonchev–Trinajstić information content (AvgIpc) is 3.60. The number of ether oxygens (including phenoxy) is 1. The molecule has 1 saturated heterocycles. The summed E-state index contributed by atoms with van der Waals surface area (Å²) in [5.41, 5.74) is 7.48. The fourth-order valence-electron chi connectivity index (χ4n) is 5.69. The van der Waals surface area contributed by atoms with E-state index in [1.165, 1.54) is 5.56 Å². The van der Waals surface area contributed by atoms with Gasteiger partial charge in [-0.25, -0.2) is 9.97 Å². The molecule has 7 rings (SSSR count). The smallest absolute Gasteiger partial charge is 0.264 e. The number of nitrogens with zero attached hydrogens (tertiary/aromatic N) is 3. The number of hydrogen-bond acceptors (Lipinski definition) is 5. The van der Waals surface area contributed by atoms with Crippen molar-refractivity contribution in [3.8, 4) is 28.3 Å². The number of benzene rings is 5. The fourth-order valence-corrected chi connectivity index (χ4v) is 5.96. The van der Waals surface area contributed by atoms with Crippen LogP contribution in [0.5, 0.6) is 5.75 Å². The highest BCUT2D eigenvalue weighted by molar-refractivity contribution is 7.80. The van der Waals surface area contributed by atoms with Gasteiger partial charge in [0.25, 0.3) is 11.1 Å². The first kappa shape index (κ1) is 28.4. The molecule has 1 aromatic heterocycles. The maximum Gasteiger partial charge on any atom is 0.264 e. The minimum atomic E-state index is -0.231. The second-order valence-electron chi connectivity index (χ2n) is 11.0. The molecule has 0 spiro atoms. The Balaban J connectivity index is 1.05. The summed E-state index contributed by atoms with van der Waals surface area (Å²) in [6.45, 7) is 1.69. The van der Waals surface area contributed by atoms with Gasteiger partial charge in [0.2, 0.25) is 0 Å². The second kappa shape index (κ2) is 12.7. The summed E-state index contributed by atoms with van der Waals surface area (Å²) in [5, 5.41) is 3.45. The third kappa shape index (κ3) is 6.30. The Morgan fingerprint density at radius 3 is 1.98 bits per heavy atom. The number of aromatic nitrogens is 2. The number of likely N-dealkylation sites (tertiary alicyclic amines) is 1. The quantitative estimate of drug-likeness (QED) is 0.192. The lowest BCUT2D eigenvalue weighted by Gasteiger charge is -2.19. The van der Waals surface area contributed by atoms with Gasteiger partial charge in [0.1, 0.15) is 5.75 Å². The predicted molar refractivity (Wildman–Crippen MR) is 183 cm³/mol. The van der Waals surface area contributed by atoms with Gasteiger partial charge in [-0.1, -0.05) is 91.0 Å². The van der Waals surface area contributed by atoms with Gasteiger partial charge in [-0.05, 0) is 66.7 Å². The molecule has 220 valence electrons. The largest absolute Gasteiger partial charge is 0.432 e. The standard InChI is InChI=1S/C38H30N4O2S/c43-37(29-16-19-32(20-17-29)44-38(45)42-23-22-30(25-42)26-10-4-1-5-11-26)39-31-18-21-33-34(24-31)41-36(28-14-8-3-9-15-28)35(40-33)27-12-6-2-7-13-27/h1-21,24,30H,22-23,25H2,(H,39,43)/t30-/m0/s1. The molecular weight excluding hydrogens is 577 g/mol. The zero-order chi connectivity index (χ0) is 30.6. The highest BCUT2D eigenvalue weighted by atomic mass is 32.1. The number of rotatable bonds is 6. The Labute approximate surface area is 267 Å². The van der Waals surface area contributed by atoms with Crippen LogP contribution in [0.3, 0.4) is 0 Å². The van der Waals surface area contributed by atoms with Crippen LogP contribution < -0.4 is 10.1 Å². The third-order valence-corrected chi connectivity index (χ3v) is 8.40. The monoisotopic (exact) mass is 606 g/mol. The van der Waals surface area contributed by atoms with E-state index in [0.29, 0.717) is 33.6 Å². The molecule has 1 aliphatic rings. The first-order valence-corrected chi connectivity index (χ1v) is 15.4. The molecule has 2 heterocycles. The van der Waals surface area contributed by atoms with Gasteiger partial charge in [-0.2, -0.15) is 0 Å². The molecule has 7 heteroatoms.